The van der Waals surface area contributed by atoms with Gasteiger partial charge in [-0.05, 0) is 25.2 Å². The molecule has 108 valence electrons. The summed E-state index contributed by atoms with van der Waals surface area (Å²) in [6.07, 6.45) is 0. The van der Waals surface area contributed by atoms with E-state index in [0.717, 1.165) is 16.7 Å². The van der Waals surface area contributed by atoms with Gasteiger partial charge in [-0.1, -0.05) is 42.1 Å². The number of benzene rings is 1. The SMILES string of the molecule is CC(C)n1c(SCC(CS)c2ccccc2)n[nH]c1=O. The summed E-state index contributed by atoms with van der Waals surface area (Å²) in [6.45, 7) is 3.96. The van der Waals surface area contributed by atoms with E-state index in [4.69, 9.17) is 0 Å². The fourth-order valence-electron chi connectivity index (χ4n) is 2.00. The smallest absolute Gasteiger partial charge is 0.268 e. The minimum atomic E-state index is -0.148. The van der Waals surface area contributed by atoms with E-state index in [1.165, 1.54) is 5.56 Å². The topological polar surface area (TPSA) is 50.7 Å². The Morgan fingerprint density at radius 3 is 2.65 bits per heavy atom. The molecule has 0 saturated carbocycles. The Morgan fingerprint density at radius 1 is 1.35 bits per heavy atom. The third kappa shape index (κ3) is 3.49. The number of rotatable bonds is 6. The average molecular weight is 309 g/mol. The molecule has 0 aliphatic rings. The zero-order chi connectivity index (χ0) is 14.5. The van der Waals surface area contributed by atoms with E-state index < -0.39 is 0 Å². The molecule has 0 amide bonds. The Morgan fingerprint density at radius 2 is 2.05 bits per heavy atom. The third-order valence-corrected chi connectivity index (χ3v) is 4.65. The molecule has 0 bridgehead atoms. The molecule has 2 aromatic rings. The van der Waals surface area contributed by atoms with Gasteiger partial charge >= 0.3 is 5.69 Å². The summed E-state index contributed by atoms with van der Waals surface area (Å²) in [7, 11) is 0. The maximum atomic E-state index is 11.7. The monoisotopic (exact) mass is 309 g/mol. The van der Waals surface area contributed by atoms with Crippen LogP contribution in [0.1, 0.15) is 31.4 Å². The van der Waals surface area contributed by atoms with E-state index in [2.05, 4.69) is 35.0 Å². The maximum absolute atomic E-state index is 11.7. The van der Waals surface area contributed by atoms with E-state index in [0.29, 0.717) is 5.92 Å². The first-order valence-electron chi connectivity index (χ1n) is 6.59. The van der Waals surface area contributed by atoms with Crippen molar-refractivity contribution in [1.29, 1.82) is 0 Å². The number of thiol groups is 1. The molecule has 1 N–H and O–H groups in total. The predicted molar refractivity (Wildman–Crippen MR) is 87.0 cm³/mol. The molecule has 0 radical (unpaired) electrons. The summed E-state index contributed by atoms with van der Waals surface area (Å²) >= 11 is 6.03. The van der Waals surface area contributed by atoms with Gasteiger partial charge in [-0.25, -0.2) is 9.89 Å². The van der Waals surface area contributed by atoms with E-state index in [1.54, 1.807) is 16.3 Å². The summed E-state index contributed by atoms with van der Waals surface area (Å²) in [6, 6.07) is 10.4. The standard InChI is InChI=1S/C14H19N3OS2/c1-10(2)17-13(18)15-16-14(17)20-9-12(8-19)11-6-4-3-5-7-11/h3-7,10,12,19H,8-9H2,1-2H3,(H,15,18). The number of H-pyrrole nitrogens is 1. The maximum Gasteiger partial charge on any atom is 0.344 e. The molecular weight excluding hydrogens is 290 g/mol. The Bertz CT molecular complexity index is 592. The minimum Gasteiger partial charge on any atom is -0.268 e. The van der Waals surface area contributed by atoms with E-state index in [9.17, 15) is 4.79 Å². The van der Waals surface area contributed by atoms with Crippen LogP contribution in [0.4, 0.5) is 0 Å². The number of thioether (sulfide) groups is 1. The van der Waals surface area contributed by atoms with Gasteiger partial charge in [-0.2, -0.15) is 12.6 Å². The van der Waals surface area contributed by atoms with Gasteiger partial charge in [-0.3, -0.25) is 4.57 Å². The van der Waals surface area contributed by atoms with Gasteiger partial charge in [-0.15, -0.1) is 5.10 Å². The lowest BCUT2D eigenvalue weighted by Crippen LogP contribution is -2.19. The molecule has 0 aliphatic carbocycles. The van der Waals surface area contributed by atoms with Crippen molar-refractivity contribution in [3.63, 3.8) is 0 Å². The number of hydrogen-bond acceptors (Lipinski definition) is 4. The second-order valence-corrected chi connectivity index (χ2v) is 6.23. The Labute approximate surface area is 128 Å². The van der Waals surface area contributed by atoms with Crippen LogP contribution in [0.15, 0.2) is 40.3 Å². The lowest BCUT2D eigenvalue weighted by atomic mass is 10.0. The second-order valence-electron chi connectivity index (χ2n) is 4.88. The van der Waals surface area contributed by atoms with Crippen LogP contribution in [0.5, 0.6) is 0 Å². The second kappa shape index (κ2) is 7.04. The predicted octanol–water partition coefficient (Wildman–Crippen LogP) is 2.96. The van der Waals surface area contributed by atoms with Crippen molar-refractivity contribution in [2.75, 3.05) is 11.5 Å². The quantitative estimate of drug-likeness (QED) is 0.637. The van der Waals surface area contributed by atoms with Crippen LogP contribution in [0, 0.1) is 0 Å². The molecule has 0 aliphatic heterocycles. The van der Waals surface area contributed by atoms with Crippen LogP contribution in [-0.2, 0) is 0 Å². The molecule has 0 saturated heterocycles. The lowest BCUT2D eigenvalue weighted by Gasteiger charge is -2.15. The Balaban J connectivity index is 2.10. The zero-order valence-corrected chi connectivity index (χ0v) is 13.3. The summed E-state index contributed by atoms with van der Waals surface area (Å²) in [5.41, 5.74) is 1.12. The van der Waals surface area contributed by atoms with Crippen molar-refractivity contribution >= 4 is 24.4 Å². The van der Waals surface area contributed by atoms with E-state index >= 15 is 0 Å². The highest BCUT2D eigenvalue weighted by atomic mass is 32.2. The molecule has 1 atom stereocenters. The molecule has 1 heterocycles. The summed E-state index contributed by atoms with van der Waals surface area (Å²) in [5, 5.41) is 7.36. The zero-order valence-electron chi connectivity index (χ0n) is 11.6. The van der Waals surface area contributed by atoms with Crippen molar-refractivity contribution in [3.8, 4) is 0 Å². The molecule has 0 fully saturated rings. The fourth-order valence-corrected chi connectivity index (χ4v) is 3.72. The van der Waals surface area contributed by atoms with Crippen molar-refractivity contribution in [2.45, 2.75) is 31.0 Å². The highest BCUT2D eigenvalue weighted by Crippen LogP contribution is 2.26. The van der Waals surface area contributed by atoms with Crippen LogP contribution in [0.3, 0.4) is 0 Å². The van der Waals surface area contributed by atoms with Gasteiger partial charge in [0.15, 0.2) is 5.16 Å². The largest absolute Gasteiger partial charge is 0.344 e. The van der Waals surface area contributed by atoms with Crippen molar-refractivity contribution in [2.24, 2.45) is 0 Å². The average Bonchev–Trinajstić information content (AvgIpc) is 2.82. The van der Waals surface area contributed by atoms with Crippen LogP contribution in [0.2, 0.25) is 0 Å². The third-order valence-electron chi connectivity index (χ3n) is 3.09. The van der Waals surface area contributed by atoms with Gasteiger partial charge in [0.1, 0.15) is 0 Å². The van der Waals surface area contributed by atoms with Gasteiger partial charge in [0.2, 0.25) is 0 Å². The van der Waals surface area contributed by atoms with Crippen LogP contribution >= 0.6 is 24.4 Å². The molecule has 1 aromatic heterocycles. The van der Waals surface area contributed by atoms with Gasteiger partial charge in [0.25, 0.3) is 0 Å². The molecule has 2 rings (SSSR count). The van der Waals surface area contributed by atoms with Crippen molar-refractivity contribution in [3.05, 3.63) is 46.4 Å². The number of aromatic amines is 1. The normalized spacial score (nSPS) is 12.8. The summed E-state index contributed by atoms with van der Waals surface area (Å²) in [5.74, 6) is 1.97. The first kappa shape index (κ1) is 15.3. The molecular formula is C14H19N3OS2. The molecule has 1 unspecified atom stereocenters. The van der Waals surface area contributed by atoms with Crippen molar-refractivity contribution < 1.29 is 0 Å². The van der Waals surface area contributed by atoms with Crippen molar-refractivity contribution in [1.82, 2.24) is 14.8 Å². The number of aromatic nitrogens is 3. The van der Waals surface area contributed by atoms with E-state index in [-0.39, 0.29) is 11.7 Å². The van der Waals surface area contributed by atoms with Gasteiger partial charge in [0, 0.05) is 17.7 Å². The highest BCUT2D eigenvalue weighted by molar-refractivity contribution is 7.99. The molecule has 0 spiro atoms. The first-order chi connectivity index (χ1) is 9.63. The number of hydrogen-bond donors (Lipinski definition) is 2. The van der Waals surface area contributed by atoms with E-state index in [1.807, 2.05) is 32.0 Å². The summed E-state index contributed by atoms with van der Waals surface area (Å²) in [4.78, 5) is 11.7. The minimum absolute atomic E-state index is 0.106. The number of nitrogens with one attached hydrogen (secondary N) is 1. The Hall–Kier alpha value is -1.14. The lowest BCUT2D eigenvalue weighted by molar-refractivity contribution is 0.534. The summed E-state index contributed by atoms with van der Waals surface area (Å²) < 4.78 is 1.69. The van der Waals surface area contributed by atoms with Crippen LogP contribution in [-0.4, -0.2) is 26.3 Å². The molecule has 4 nitrogen and oxygen atoms in total. The van der Waals surface area contributed by atoms with Crippen LogP contribution in [0.25, 0.3) is 0 Å². The molecule has 6 heteroatoms. The molecule has 1 aromatic carbocycles. The first-order valence-corrected chi connectivity index (χ1v) is 8.20. The van der Waals surface area contributed by atoms with Crippen LogP contribution < -0.4 is 5.69 Å². The number of nitrogens with zero attached hydrogens (tertiary/aromatic N) is 2. The Kier molecular flexibility index (Phi) is 5.37. The molecule has 20 heavy (non-hydrogen) atoms. The van der Waals surface area contributed by atoms with Gasteiger partial charge < -0.3 is 0 Å². The fraction of sp³-hybridized carbons (Fsp3) is 0.429. The van der Waals surface area contributed by atoms with Gasteiger partial charge in [0.05, 0.1) is 0 Å². The highest BCUT2D eigenvalue weighted by Gasteiger charge is 2.15.